The van der Waals surface area contributed by atoms with Crippen LogP contribution in [0.25, 0.3) is 0 Å². The zero-order valence-corrected chi connectivity index (χ0v) is 15.2. The molecule has 0 radical (unpaired) electrons. The van der Waals surface area contributed by atoms with Gasteiger partial charge < -0.3 is 14.6 Å². The van der Waals surface area contributed by atoms with E-state index >= 15 is 0 Å². The van der Waals surface area contributed by atoms with E-state index in [4.69, 9.17) is 9.47 Å². The van der Waals surface area contributed by atoms with E-state index in [-0.39, 0.29) is 0 Å². The second-order valence-electron chi connectivity index (χ2n) is 7.29. The minimum absolute atomic E-state index is 0.972. The zero-order valence-electron chi connectivity index (χ0n) is 15.2. The van der Waals surface area contributed by atoms with Crippen molar-refractivity contribution in [1.82, 2.24) is 0 Å². The molecule has 1 aromatic carbocycles. The number of rotatable bonds is 2. The van der Waals surface area contributed by atoms with Crippen LogP contribution in [0.3, 0.4) is 0 Å². The van der Waals surface area contributed by atoms with Crippen molar-refractivity contribution in [3.05, 3.63) is 17.5 Å². The van der Waals surface area contributed by atoms with Crippen LogP contribution < -0.4 is 10.6 Å². The van der Waals surface area contributed by atoms with Crippen LogP contribution in [0.4, 0.5) is 34.1 Å². The molecule has 1 aromatic rings. The number of anilines is 2. The van der Waals surface area contributed by atoms with Crippen molar-refractivity contribution in [1.29, 1.82) is 0 Å². The number of carbonyl (C=O) groups excluding carboxylic acids is 2. The molecule has 0 unspecified atom stereocenters. The zero-order chi connectivity index (χ0) is 20.4. The summed E-state index contributed by atoms with van der Waals surface area (Å²) in [5.74, 6) is -7.09. The average molecular weight is 378 g/mol. The van der Waals surface area contributed by atoms with Crippen molar-refractivity contribution < 1.29 is 37.3 Å². The van der Waals surface area contributed by atoms with E-state index in [0.717, 1.165) is 0 Å². The van der Waals surface area contributed by atoms with E-state index in [1.807, 2.05) is 10.6 Å². The minimum Gasteiger partial charge on any atom is -0.503 e. The number of amides is 2. The molecule has 2 amide bonds. The predicted octanol–water partition coefficient (Wildman–Crippen LogP) is 4.50. The molecule has 0 fully saturated rings. The van der Waals surface area contributed by atoms with Gasteiger partial charge >= 0.3 is 12.2 Å². The fourth-order valence-electron chi connectivity index (χ4n) is 1.69. The Morgan fingerprint density at radius 2 is 1.12 bits per heavy atom. The van der Waals surface area contributed by atoms with Crippen LogP contribution in [0.2, 0.25) is 0 Å². The Morgan fingerprint density at radius 1 is 0.769 bits per heavy atom. The summed E-state index contributed by atoms with van der Waals surface area (Å²) in [5, 5.41) is 13.0. The topological polar surface area (TPSA) is 96.9 Å². The van der Waals surface area contributed by atoms with Gasteiger partial charge in [-0.3, -0.25) is 10.6 Å². The molecule has 0 atom stereocenters. The van der Waals surface area contributed by atoms with Crippen LogP contribution in [0.15, 0.2) is 0 Å². The predicted molar refractivity (Wildman–Crippen MR) is 87.7 cm³/mol. The Bertz CT molecular complexity index is 663. The maximum Gasteiger partial charge on any atom is 0.412 e. The molecule has 146 valence electrons. The summed E-state index contributed by atoms with van der Waals surface area (Å²) in [6, 6.07) is 0. The molecule has 26 heavy (non-hydrogen) atoms. The summed E-state index contributed by atoms with van der Waals surface area (Å²) in [7, 11) is 0. The van der Waals surface area contributed by atoms with Crippen molar-refractivity contribution >= 4 is 23.6 Å². The molecule has 3 N–H and O–H groups in total. The van der Waals surface area contributed by atoms with Crippen molar-refractivity contribution in [3.63, 3.8) is 0 Å². The van der Waals surface area contributed by atoms with Crippen molar-refractivity contribution in [2.45, 2.75) is 52.7 Å². The van der Waals surface area contributed by atoms with Gasteiger partial charge in [0.15, 0.2) is 17.4 Å². The molecular weight excluding hydrogens is 357 g/mol. The number of phenols is 1. The molecular formula is C16H21F3N2O5. The van der Waals surface area contributed by atoms with E-state index in [1.54, 1.807) is 0 Å². The highest BCUT2D eigenvalue weighted by molar-refractivity contribution is 5.96. The minimum atomic E-state index is -1.94. The molecule has 0 bridgehead atoms. The molecule has 0 aliphatic heterocycles. The summed E-state index contributed by atoms with van der Waals surface area (Å²) in [6.45, 7) is 9.10. The van der Waals surface area contributed by atoms with Gasteiger partial charge in [0.1, 0.15) is 22.6 Å². The highest BCUT2D eigenvalue weighted by atomic mass is 19.2. The van der Waals surface area contributed by atoms with Gasteiger partial charge in [-0.05, 0) is 41.5 Å². The third kappa shape index (κ3) is 5.71. The SMILES string of the molecule is CC(C)(C)OC(=O)Nc1c(F)c(O)c(F)c(F)c1NC(=O)OC(C)(C)C. The van der Waals surface area contributed by atoms with Crippen molar-refractivity contribution in [3.8, 4) is 5.75 Å². The highest BCUT2D eigenvalue weighted by Crippen LogP contribution is 2.37. The number of hydrogen-bond acceptors (Lipinski definition) is 5. The Kier molecular flexibility index (Phi) is 6.01. The van der Waals surface area contributed by atoms with Crippen molar-refractivity contribution in [2.24, 2.45) is 0 Å². The Balaban J connectivity index is 3.30. The standard InChI is InChI=1S/C16H21F3N2O5/c1-15(2,3)25-13(23)20-10-7(17)8(18)12(22)9(19)11(10)21-14(24)26-16(4,5)6/h22H,1-6H3,(H,20,23)(H,21,24). The largest absolute Gasteiger partial charge is 0.503 e. The van der Waals surface area contributed by atoms with Crippen LogP contribution in [-0.4, -0.2) is 28.5 Å². The number of aromatic hydroxyl groups is 1. The third-order valence-corrected chi connectivity index (χ3v) is 2.55. The lowest BCUT2D eigenvalue weighted by molar-refractivity contribution is 0.0619. The smallest absolute Gasteiger partial charge is 0.412 e. The number of benzene rings is 1. The van der Waals surface area contributed by atoms with E-state index in [9.17, 15) is 27.9 Å². The van der Waals surface area contributed by atoms with Gasteiger partial charge in [0.05, 0.1) is 0 Å². The fourth-order valence-corrected chi connectivity index (χ4v) is 1.69. The Morgan fingerprint density at radius 3 is 1.46 bits per heavy atom. The van der Waals surface area contributed by atoms with Crippen LogP contribution in [-0.2, 0) is 9.47 Å². The molecule has 0 aliphatic carbocycles. The molecule has 0 saturated heterocycles. The summed E-state index contributed by atoms with van der Waals surface area (Å²) in [6.07, 6.45) is -2.44. The first kappa shape index (κ1) is 21.4. The lowest BCUT2D eigenvalue weighted by Crippen LogP contribution is -2.30. The van der Waals surface area contributed by atoms with Gasteiger partial charge in [0, 0.05) is 0 Å². The van der Waals surface area contributed by atoms with Gasteiger partial charge in [-0.15, -0.1) is 0 Å². The lowest BCUT2D eigenvalue weighted by atomic mass is 10.2. The molecule has 0 heterocycles. The second kappa shape index (κ2) is 7.30. The van der Waals surface area contributed by atoms with Gasteiger partial charge in [-0.2, -0.15) is 4.39 Å². The van der Waals surface area contributed by atoms with Gasteiger partial charge in [-0.25, -0.2) is 18.4 Å². The molecule has 0 spiro atoms. The molecule has 1 rings (SSSR count). The number of hydrogen-bond donors (Lipinski definition) is 3. The van der Waals surface area contributed by atoms with Crippen LogP contribution in [0.5, 0.6) is 5.75 Å². The summed E-state index contributed by atoms with van der Waals surface area (Å²) in [4.78, 5) is 23.6. The Labute approximate surface area is 148 Å². The maximum absolute atomic E-state index is 14.2. The number of halogens is 3. The number of phenolic OH excluding ortho intramolecular Hbond substituents is 1. The number of carbonyl (C=O) groups is 2. The maximum atomic E-state index is 14.2. The first-order valence-corrected chi connectivity index (χ1v) is 7.52. The molecule has 0 aliphatic rings. The van der Waals surface area contributed by atoms with Gasteiger partial charge in [-0.1, -0.05) is 0 Å². The summed E-state index contributed by atoms with van der Waals surface area (Å²) < 4.78 is 51.7. The normalized spacial score (nSPS) is 11.7. The number of ether oxygens (including phenoxy) is 2. The highest BCUT2D eigenvalue weighted by Gasteiger charge is 2.29. The first-order valence-electron chi connectivity index (χ1n) is 7.52. The first-order chi connectivity index (χ1) is 11.6. The average Bonchev–Trinajstić information content (AvgIpc) is 2.42. The lowest BCUT2D eigenvalue weighted by Gasteiger charge is -2.22. The molecule has 0 saturated carbocycles. The van der Waals surface area contributed by atoms with Crippen LogP contribution in [0.1, 0.15) is 41.5 Å². The van der Waals surface area contributed by atoms with E-state index in [0.29, 0.717) is 0 Å². The van der Waals surface area contributed by atoms with E-state index in [1.165, 1.54) is 41.5 Å². The number of nitrogens with one attached hydrogen (secondary N) is 2. The van der Waals surface area contributed by atoms with E-state index < -0.39 is 58.0 Å². The second-order valence-corrected chi connectivity index (χ2v) is 7.29. The molecule has 7 nitrogen and oxygen atoms in total. The van der Waals surface area contributed by atoms with Crippen LogP contribution in [0, 0.1) is 17.5 Å². The molecule has 10 heteroatoms. The van der Waals surface area contributed by atoms with Crippen LogP contribution >= 0.6 is 0 Å². The van der Waals surface area contributed by atoms with E-state index in [2.05, 4.69) is 0 Å². The van der Waals surface area contributed by atoms with Crippen molar-refractivity contribution in [2.75, 3.05) is 10.6 Å². The molecule has 0 aromatic heterocycles. The third-order valence-electron chi connectivity index (χ3n) is 2.55. The fraction of sp³-hybridized carbons (Fsp3) is 0.500. The Hall–Kier alpha value is -2.65. The van der Waals surface area contributed by atoms with Gasteiger partial charge in [0.2, 0.25) is 5.82 Å². The monoisotopic (exact) mass is 378 g/mol. The quantitative estimate of drug-likeness (QED) is 0.520. The summed E-state index contributed by atoms with van der Waals surface area (Å²) in [5.41, 5.74) is -4.02. The van der Waals surface area contributed by atoms with Gasteiger partial charge in [0.25, 0.3) is 0 Å². The summed E-state index contributed by atoms with van der Waals surface area (Å²) >= 11 is 0.